The van der Waals surface area contributed by atoms with Crippen molar-refractivity contribution in [3.8, 4) is 0 Å². The van der Waals surface area contributed by atoms with Crippen LogP contribution in [0.3, 0.4) is 0 Å². The van der Waals surface area contributed by atoms with Gasteiger partial charge in [-0.05, 0) is 11.3 Å². The standard InChI is InChI=1S/C5H8N4O4S2/c6-15(12,13)2-1-7-5-8-3-4(14-5)9(10)11/h3H,1-2H2,(H,7,8)(H2,6,12,13). The summed E-state index contributed by atoms with van der Waals surface area (Å²) in [6, 6.07) is 0. The number of primary sulfonamides is 1. The molecule has 0 aromatic carbocycles. The van der Waals surface area contributed by atoms with Crippen LogP contribution in [0, 0.1) is 10.1 Å². The first-order valence-corrected chi connectivity index (χ1v) is 6.26. The topological polar surface area (TPSA) is 128 Å². The van der Waals surface area contributed by atoms with Crippen LogP contribution in [0.25, 0.3) is 0 Å². The summed E-state index contributed by atoms with van der Waals surface area (Å²) in [5, 5.41) is 17.9. The third-order valence-corrected chi connectivity index (χ3v) is 3.02. The Morgan fingerprint density at radius 2 is 2.33 bits per heavy atom. The molecule has 0 aliphatic rings. The van der Waals surface area contributed by atoms with Gasteiger partial charge in [-0.15, -0.1) is 0 Å². The van der Waals surface area contributed by atoms with Crippen molar-refractivity contribution < 1.29 is 13.3 Å². The molecule has 0 atom stereocenters. The van der Waals surface area contributed by atoms with E-state index in [0.717, 1.165) is 17.5 Å². The Labute approximate surface area is 89.3 Å². The molecule has 0 bridgehead atoms. The summed E-state index contributed by atoms with van der Waals surface area (Å²) in [6.45, 7) is 0.0729. The molecule has 15 heavy (non-hydrogen) atoms. The molecule has 0 unspecified atom stereocenters. The van der Waals surface area contributed by atoms with Crippen LogP contribution in [0.2, 0.25) is 0 Å². The highest BCUT2D eigenvalue weighted by Gasteiger charge is 2.11. The summed E-state index contributed by atoms with van der Waals surface area (Å²) in [5.41, 5.74) is 0. The molecule has 3 N–H and O–H groups in total. The summed E-state index contributed by atoms with van der Waals surface area (Å²) < 4.78 is 21.1. The second-order valence-corrected chi connectivity index (χ2v) is 5.30. The first-order chi connectivity index (χ1) is 6.88. The third kappa shape index (κ3) is 4.18. The van der Waals surface area contributed by atoms with Crippen LogP contribution in [0.5, 0.6) is 0 Å². The van der Waals surface area contributed by atoms with Crippen molar-refractivity contribution in [1.82, 2.24) is 4.98 Å². The number of hydrogen-bond donors (Lipinski definition) is 2. The molecule has 0 radical (unpaired) electrons. The summed E-state index contributed by atoms with van der Waals surface area (Å²) >= 11 is 0.835. The third-order valence-electron chi connectivity index (χ3n) is 1.34. The van der Waals surface area contributed by atoms with Gasteiger partial charge in [0.2, 0.25) is 10.0 Å². The van der Waals surface area contributed by atoms with E-state index in [9.17, 15) is 18.5 Å². The molecule has 1 rings (SSSR count). The van der Waals surface area contributed by atoms with Gasteiger partial charge in [0.1, 0.15) is 6.20 Å². The molecule has 1 aromatic rings. The minimum absolute atomic E-state index is 0.0729. The van der Waals surface area contributed by atoms with Crippen LogP contribution >= 0.6 is 11.3 Å². The number of hydrogen-bond acceptors (Lipinski definition) is 7. The van der Waals surface area contributed by atoms with Crippen LogP contribution in [0.15, 0.2) is 6.20 Å². The molecule has 0 spiro atoms. The average molecular weight is 252 g/mol. The minimum Gasteiger partial charge on any atom is -0.360 e. The fraction of sp³-hybridized carbons (Fsp3) is 0.400. The Bertz CT molecular complexity index is 453. The van der Waals surface area contributed by atoms with Crippen molar-refractivity contribution in [2.24, 2.45) is 5.14 Å². The second kappa shape index (κ2) is 4.51. The molecule has 0 aliphatic heterocycles. The van der Waals surface area contributed by atoms with Gasteiger partial charge < -0.3 is 5.32 Å². The van der Waals surface area contributed by atoms with Crippen molar-refractivity contribution in [3.05, 3.63) is 16.3 Å². The zero-order valence-electron chi connectivity index (χ0n) is 7.41. The Morgan fingerprint density at radius 3 is 2.80 bits per heavy atom. The predicted molar refractivity (Wildman–Crippen MR) is 55.2 cm³/mol. The zero-order chi connectivity index (χ0) is 11.5. The highest BCUT2D eigenvalue weighted by atomic mass is 32.2. The van der Waals surface area contributed by atoms with E-state index >= 15 is 0 Å². The number of nitrogens with two attached hydrogens (primary N) is 1. The lowest BCUT2D eigenvalue weighted by Crippen LogP contribution is -2.22. The lowest BCUT2D eigenvalue weighted by molar-refractivity contribution is -0.380. The molecular formula is C5H8N4O4S2. The van der Waals surface area contributed by atoms with Crippen LogP contribution in [-0.2, 0) is 10.0 Å². The maximum atomic E-state index is 10.5. The SMILES string of the molecule is NS(=O)(=O)CCNc1ncc([N+](=O)[O-])s1. The number of nitro groups is 1. The van der Waals surface area contributed by atoms with E-state index in [1.807, 2.05) is 0 Å². The van der Waals surface area contributed by atoms with Crippen molar-refractivity contribution in [1.29, 1.82) is 0 Å². The lowest BCUT2D eigenvalue weighted by Gasteiger charge is -1.99. The van der Waals surface area contributed by atoms with E-state index < -0.39 is 14.9 Å². The van der Waals surface area contributed by atoms with Gasteiger partial charge in [-0.1, -0.05) is 0 Å². The fourth-order valence-electron chi connectivity index (χ4n) is 0.732. The van der Waals surface area contributed by atoms with Gasteiger partial charge in [0.25, 0.3) is 0 Å². The number of anilines is 1. The van der Waals surface area contributed by atoms with Crippen molar-refractivity contribution in [3.63, 3.8) is 0 Å². The van der Waals surface area contributed by atoms with Gasteiger partial charge in [0, 0.05) is 6.54 Å². The Morgan fingerprint density at radius 1 is 1.67 bits per heavy atom. The number of rotatable bonds is 5. The summed E-state index contributed by atoms with van der Waals surface area (Å²) in [6.07, 6.45) is 1.10. The van der Waals surface area contributed by atoms with Gasteiger partial charge >= 0.3 is 5.00 Å². The summed E-state index contributed by atoms with van der Waals surface area (Å²) in [4.78, 5) is 13.4. The molecule has 0 saturated carbocycles. The van der Waals surface area contributed by atoms with Crippen molar-refractivity contribution >= 4 is 31.5 Å². The van der Waals surface area contributed by atoms with Crippen LogP contribution in [-0.4, -0.2) is 30.6 Å². The first kappa shape index (κ1) is 11.8. The van der Waals surface area contributed by atoms with E-state index in [2.05, 4.69) is 10.3 Å². The number of nitrogens with zero attached hydrogens (tertiary/aromatic N) is 2. The first-order valence-electron chi connectivity index (χ1n) is 3.73. The smallest absolute Gasteiger partial charge is 0.345 e. The van der Waals surface area contributed by atoms with Crippen molar-refractivity contribution in [2.45, 2.75) is 0 Å². The number of thiazole rings is 1. The van der Waals surface area contributed by atoms with Gasteiger partial charge in [-0.25, -0.2) is 18.5 Å². The molecule has 0 aliphatic carbocycles. The van der Waals surface area contributed by atoms with Gasteiger partial charge in [-0.2, -0.15) is 0 Å². The lowest BCUT2D eigenvalue weighted by atomic mass is 10.7. The average Bonchev–Trinajstić information content (AvgIpc) is 2.50. The summed E-state index contributed by atoms with van der Waals surface area (Å²) in [7, 11) is -3.52. The Hall–Kier alpha value is -1.26. The maximum absolute atomic E-state index is 10.5. The molecule has 8 nitrogen and oxygen atoms in total. The maximum Gasteiger partial charge on any atom is 0.345 e. The largest absolute Gasteiger partial charge is 0.360 e. The highest BCUT2D eigenvalue weighted by molar-refractivity contribution is 7.89. The van der Waals surface area contributed by atoms with Gasteiger partial charge in [0.05, 0.1) is 10.7 Å². The van der Waals surface area contributed by atoms with E-state index in [0.29, 0.717) is 5.13 Å². The Kier molecular flexibility index (Phi) is 3.55. The predicted octanol–water partition coefficient (Wildman–Crippen LogP) is -0.248. The number of aromatic nitrogens is 1. The van der Waals surface area contributed by atoms with E-state index in [-0.39, 0.29) is 17.3 Å². The molecule has 10 heteroatoms. The monoisotopic (exact) mass is 252 g/mol. The van der Waals surface area contributed by atoms with Gasteiger partial charge in [-0.3, -0.25) is 10.1 Å². The quantitative estimate of drug-likeness (QED) is 0.549. The highest BCUT2D eigenvalue weighted by Crippen LogP contribution is 2.24. The molecule has 1 aromatic heterocycles. The Balaban J connectivity index is 2.48. The molecule has 0 fully saturated rings. The fourth-order valence-corrected chi connectivity index (χ4v) is 1.78. The van der Waals surface area contributed by atoms with Crippen LogP contribution < -0.4 is 10.5 Å². The molecule has 84 valence electrons. The van der Waals surface area contributed by atoms with Gasteiger partial charge in [0.15, 0.2) is 5.13 Å². The zero-order valence-corrected chi connectivity index (χ0v) is 9.05. The molecule has 0 amide bonds. The molecule has 1 heterocycles. The van der Waals surface area contributed by atoms with Crippen LogP contribution in [0.1, 0.15) is 0 Å². The number of sulfonamides is 1. The normalized spacial score (nSPS) is 11.3. The van der Waals surface area contributed by atoms with Crippen molar-refractivity contribution in [2.75, 3.05) is 17.6 Å². The number of nitrogens with one attached hydrogen (secondary N) is 1. The minimum atomic E-state index is -3.52. The molecule has 0 saturated heterocycles. The van der Waals surface area contributed by atoms with E-state index in [1.165, 1.54) is 0 Å². The van der Waals surface area contributed by atoms with Crippen LogP contribution in [0.4, 0.5) is 10.1 Å². The summed E-state index contributed by atoms with van der Waals surface area (Å²) in [5.74, 6) is -0.250. The van der Waals surface area contributed by atoms with E-state index in [4.69, 9.17) is 5.14 Å². The molecular weight excluding hydrogens is 244 g/mol. The second-order valence-electron chi connectivity index (χ2n) is 2.55. The van der Waals surface area contributed by atoms with E-state index in [1.54, 1.807) is 0 Å².